The molecular formula is C62H104N6S2. The molecular weight excluding hydrogens is 893 g/mol. The van der Waals surface area contributed by atoms with Gasteiger partial charge in [0.15, 0.2) is 0 Å². The van der Waals surface area contributed by atoms with E-state index in [4.69, 9.17) is 20.5 Å². The molecule has 6 nitrogen and oxygen atoms in total. The summed E-state index contributed by atoms with van der Waals surface area (Å²) in [6.45, 7) is 11.1. The van der Waals surface area contributed by atoms with Gasteiger partial charge >= 0.3 is 0 Å². The van der Waals surface area contributed by atoms with Gasteiger partial charge in [-0.2, -0.15) is 15.0 Å². The van der Waals surface area contributed by atoms with E-state index in [9.17, 15) is 0 Å². The minimum Gasteiger partial charge on any atom is -0.244 e. The van der Waals surface area contributed by atoms with Crippen LogP contribution in [0.4, 0.5) is 0 Å². The van der Waals surface area contributed by atoms with Gasteiger partial charge in [0.05, 0.1) is 12.1 Å². The fourth-order valence-electron chi connectivity index (χ4n) is 11.3. The average Bonchev–Trinajstić information content (AvgIpc) is 4.23. The molecule has 1 aromatic carbocycles. The predicted octanol–water partition coefficient (Wildman–Crippen LogP) is 21.5. The number of thiophene rings is 2. The maximum absolute atomic E-state index is 5.56. The first-order valence-corrected chi connectivity index (χ1v) is 32.2. The highest BCUT2D eigenvalue weighted by Gasteiger charge is 2.28. The molecule has 0 aliphatic heterocycles. The van der Waals surface area contributed by atoms with Gasteiger partial charge in [-0.25, -0.2) is 4.68 Å². The number of fused-ring (bicyclic) bond motifs is 2. The van der Waals surface area contributed by atoms with Crippen LogP contribution >= 0.6 is 22.7 Å². The minimum atomic E-state index is 0.592. The molecule has 70 heavy (non-hydrogen) atoms. The maximum atomic E-state index is 5.56. The monoisotopic (exact) mass is 997 g/mol. The van der Waals surface area contributed by atoms with Crippen molar-refractivity contribution in [3.8, 4) is 20.9 Å². The zero-order valence-electron chi connectivity index (χ0n) is 45.8. The van der Waals surface area contributed by atoms with E-state index in [1.54, 1.807) is 11.3 Å². The normalized spacial score (nSPS) is 12.9. The van der Waals surface area contributed by atoms with Gasteiger partial charge in [-0.15, -0.1) is 27.8 Å². The zero-order valence-corrected chi connectivity index (χ0v) is 47.5. The Balaban J connectivity index is 1.37. The largest absolute Gasteiger partial charge is 0.244 e. The molecule has 0 spiro atoms. The Kier molecular flexibility index (Phi) is 31.0. The van der Waals surface area contributed by atoms with Crippen LogP contribution in [0.5, 0.6) is 0 Å². The van der Waals surface area contributed by atoms with E-state index in [0.717, 1.165) is 40.7 Å². The number of aromatic nitrogens is 6. The molecule has 0 N–H and O–H groups in total. The maximum Gasteiger partial charge on any atom is 0.124 e. The molecule has 4 aromatic heterocycles. The minimum absolute atomic E-state index is 0.592. The summed E-state index contributed by atoms with van der Waals surface area (Å²) in [5, 5.41) is 25.7. The molecule has 5 aromatic rings. The number of benzene rings is 1. The van der Waals surface area contributed by atoms with Crippen LogP contribution < -0.4 is 0 Å². The van der Waals surface area contributed by atoms with Crippen molar-refractivity contribution in [3.05, 3.63) is 35.0 Å². The number of hydrogen-bond donors (Lipinski definition) is 0. The van der Waals surface area contributed by atoms with Crippen LogP contribution in [-0.4, -0.2) is 30.0 Å². The summed E-state index contributed by atoms with van der Waals surface area (Å²) < 4.78 is 2.32. The lowest BCUT2D eigenvalue weighted by Crippen LogP contribution is -2.14. The Morgan fingerprint density at radius 2 is 0.714 bits per heavy atom. The molecule has 0 saturated heterocycles. The summed E-state index contributed by atoms with van der Waals surface area (Å²) in [7, 11) is 0. The van der Waals surface area contributed by atoms with Crippen LogP contribution in [0.3, 0.4) is 0 Å². The van der Waals surface area contributed by atoms with Crippen molar-refractivity contribution in [2.45, 2.75) is 298 Å². The molecule has 0 aliphatic carbocycles. The second-order valence-electron chi connectivity index (χ2n) is 21.8. The van der Waals surface area contributed by atoms with E-state index in [2.05, 4.69) is 72.2 Å². The zero-order chi connectivity index (χ0) is 49.1. The van der Waals surface area contributed by atoms with Gasteiger partial charge < -0.3 is 0 Å². The Bertz CT molecular complexity index is 1970. The molecule has 0 bridgehead atoms. The van der Waals surface area contributed by atoms with Gasteiger partial charge in [-0.05, 0) is 60.4 Å². The third kappa shape index (κ3) is 21.5. The number of nitrogens with zero attached hydrogens (tertiary/aromatic N) is 6. The van der Waals surface area contributed by atoms with Crippen molar-refractivity contribution >= 4 is 44.7 Å². The highest BCUT2D eigenvalue weighted by molar-refractivity contribution is 7.14. The third-order valence-electron chi connectivity index (χ3n) is 15.6. The molecule has 2 unspecified atom stereocenters. The first-order valence-electron chi connectivity index (χ1n) is 30.4. The van der Waals surface area contributed by atoms with Crippen LogP contribution in [0.1, 0.15) is 285 Å². The smallest absolute Gasteiger partial charge is 0.124 e. The first kappa shape index (κ1) is 58.3. The van der Waals surface area contributed by atoms with Gasteiger partial charge in [0.25, 0.3) is 0 Å². The average molecular weight is 998 g/mol. The van der Waals surface area contributed by atoms with E-state index in [0.29, 0.717) is 11.8 Å². The van der Waals surface area contributed by atoms with Crippen molar-refractivity contribution in [3.63, 3.8) is 0 Å². The molecule has 0 aliphatic rings. The van der Waals surface area contributed by atoms with Crippen LogP contribution in [0.15, 0.2) is 35.0 Å². The SMILES string of the molecule is CCCCCCCCCCCCC(CCCCCCCCCC)Cn1nc2c(-c3cccs3)c3nnn(CC(CCCCCCCCCC)CCCCCCCCCCCC)c3c(-c3cccs3)c2n1. The van der Waals surface area contributed by atoms with E-state index >= 15 is 0 Å². The number of rotatable bonds is 46. The molecule has 0 radical (unpaired) electrons. The predicted molar refractivity (Wildman–Crippen MR) is 310 cm³/mol. The van der Waals surface area contributed by atoms with Crippen molar-refractivity contribution in [2.24, 2.45) is 11.8 Å². The van der Waals surface area contributed by atoms with E-state index in [-0.39, 0.29) is 0 Å². The molecule has 2 atom stereocenters. The topological polar surface area (TPSA) is 61.4 Å². The fraction of sp³-hybridized carbons (Fsp3) is 0.774. The van der Waals surface area contributed by atoms with Gasteiger partial charge in [0, 0.05) is 21.9 Å². The molecule has 0 amide bonds. The van der Waals surface area contributed by atoms with E-state index in [1.807, 2.05) is 11.3 Å². The Labute approximate surface area is 437 Å². The second-order valence-corrected chi connectivity index (χ2v) is 23.7. The van der Waals surface area contributed by atoms with Crippen LogP contribution in [0.2, 0.25) is 0 Å². The van der Waals surface area contributed by atoms with Crippen molar-refractivity contribution in [1.82, 2.24) is 30.0 Å². The highest BCUT2D eigenvalue weighted by Crippen LogP contribution is 2.44. The molecule has 8 heteroatoms. The van der Waals surface area contributed by atoms with Gasteiger partial charge in [0.1, 0.15) is 22.1 Å². The lowest BCUT2D eigenvalue weighted by Gasteiger charge is -2.18. The summed E-state index contributed by atoms with van der Waals surface area (Å²) in [6.07, 6.45) is 54.7. The number of unbranched alkanes of at least 4 members (excludes halogenated alkanes) is 32. The quantitative estimate of drug-likeness (QED) is 0.0365. The Morgan fingerprint density at radius 3 is 1.07 bits per heavy atom. The van der Waals surface area contributed by atoms with Crippen LogP contribution in [0, 0.1) is 11.8 Å². The molecule has 0 fully saturated rings. The summed E-state index contributed by atoms with van der Waals surface area (Å²) >= 11 is 3.61. The Hall–Kier alpha value is -2.58. The molecule has 0 saturated carbocycles. The summed E-state index contributed by atoms with van der Waals surface area (Å²) in [5.74, 6) is 1.19. The summed E-state index contributed by atoms with van der Waals surface area (Å²) in [6, 6.07) is 8.93. The second kappa shape index (κ2) is 37.2. The van der Waals surface area contributed by atoms with Crippen LogP contribution in [0.25, 0.3) is 42.9 Å². The number of hydrogen-bond acceptors (Lipinski definition) is 6. The van der Waals surface area contributed by atoms with Gasteiger partial charge in [-0.3, -0.25) is 0 Å². The molecule has 394 valence electrons. The molecule has 5 rings (SSSR count). The van der Waals surface area contributed by atoms with Crippen molar-refractivity contribution in [1.29, 1.82) is 0 Å². The Morgan fingerprint density at radius 1 is 0.386 bits per heavy atom. The highest BCUT2D eigenvalue weighted by atomic mass is 32.1. The first-order chi connectivity index (χ1) is 34.7. The fourth-order valence-corrected chi connectivity index (χ4v) is 12.8. The van der Waals surface area contributed by atoms with E-state index in [1.165, 1.54) is 272 Å². The van der Waals surface area contributed by atoms with Gasteiger partial charge in [-0.1, -0.05) is 276 Å². The van der Waals surface area contributed by atoms with Crippen molar-refractivity contribution in [2.75, 3.05) is 0 Å². The van der Waals surface area contributed by atoms with Gasteiger partial charge in [0.2, 0.25) is 0 Å². The van der Waals surface area contributed by atoms with Crippen molar-refractivity contribution < 1.29 is 0 Å². The summed E-state index contributed by atoms with van der Waals surface area (Å²) in [5.41, 5.74) is 6.50. The standard InChI is InChI=1S/C62H104N6S2/c1-5-9-13-17-21-25-27-31-34-38-44-53(43-37-33-29-23-19-15-11-7-3)51-67-62-58(56-48-42-50-70-56)60-59(57(61(62)63-66-67)55-47-41-49-69-55)64-68(65-60)52-54(45-39-35-30-24-20-16-12-8-4)46-40-36-32-28-26-22-18-14-10-6-2/h41-42,47-50,53-54H,5-40,43-46,51-52H2,1-4H3. The lowest BCUT2D eigenvalue weighted by atomic mass is 9.93. The lowest BCUT2D eigenvalue weighted by molar-refractivity contribution is 0.326. The summed E-state index contributed by atoms with van der Waals surface area (Å²) in [4.78, 5) is 4.59. The van der Waals surface area contributed by atoms with E-state index < -0.39 is 0 Å². The molecule has 4 heterocycles. The third-order valence-corrected chi connectivity index (χ3v) is 17.4. The van der Waals surface area contributed by atoms with Crippen LogP contribution in [-0.2, 0) is 13.1 Å².